The number of hydrogen-bond acceptors (Lipinski definition) is 5. The minimum Gasteiger partial charge on any atom is -0.366 e. The standard InChI is InChI=1S/C10H11BrN4O/c1-7-13-10(14-16-7)6-15(2)9-3-8(11)4-12-5-9/h3-5H,6H2,1-2H3. The maximum absolute atomic E-state index is 4.91. The number of nitrogens with zero attached hydrogens (tertiary/aromatic N) is 4. The molecule has 2 rings (SSSR count). The quantitative estimate of drug-likeness (QED) is 0.864. The first-order valence-corrected chi connectivity index (χ1v) is 5.55. The third kappa shape index (κ3) is 2.57. The van der Waals surface area contributed by atoms with Gasteiger partial charge in [-0.15, -0.1) is 0 Å². The van der Waals surface area contributed by atoms with Gasteiger partial charge in [0.05, 0.1) is 18.4 Å². The molecule has 0 amide bonds. The van der Waals surface area contributed by atoms with Gasteiger partial charge in [0.2, 0.25) is 5.89 Å². The molecule has 0 saturated heterocycles. The second kappa shape index (κ2) is 4.61. The Kier molecular flexibility index (Phi) is 3.19. The molecule has 16 heavy (non-hydrogen) atoms. The average Bonchev–Trinajstić information content (AvgIpc) is 2.64. The number of hydrogen-bond donors (Lipinski definition) is 0. The minimum absolute atomic E-state index is 0.579. The van der Waals surface area contributed by atoms with Crippen molar-refractivity contribution in [2.24, 2.45) is 0 Å². The molecule has 0 spiro atoms. The highest BCUT2D eigenvalue weighted by atomic mass is 79.9. The Balaban J connectivity index is 2.11. The van der Waals surface area contributed by atoms with Crippen molar-refractivity contribution < 1.29 is 4.52 Å². The van der Waals surface area contributed by atoms with Gasteiger partial charge in [-0.2, -0.15) is 4.98 Å². The van der Waals surface area contributed by atoms with Crippen molar-refractivity contribution in [3.8, 4) is 0 Å². The van der Waals surface area contributed by atoms with Gasteiger partial charge >= 0.3 is 0 Å². The third-order valence-electron chi connectivity index (χ3n) is 2.08. The number of aryl methyl sites for hydroxylation is 1. The molecule has 0 aliphatic heterocycles. The third-order valence-corrected chi connectivity index (χ3v) is 2.51. The van der Waals surface area contributed by atoms with Crippen molar-refractivity contribution in [3.63, 3.8) is 0 Å². The van der Waals surface area contributed by atoms with Crippen LogP contribution < -0.4 is 4.90 Å². The van der Waals surface area contributed by atoms with Gasteiger partial charge in [0.25, 0.3) is 0 Å². The normalized spacial score (nSPS) is 10.4. The molecule has 84 valence electrons. The zero-order chi connectivity index (χ0) is 11.5. The fourth-order valence-corrected chi connectivity index (χ4v) is 1.67. The molecule has 2 aromatic rings. The molecule has 0 fully saturated rings. The summed E-state index contributed by atoms with van der Waals surface area (Å²) in [6.45, 7) is 2.37. The Morgan fingerprint density at radius 3 is 2.88 bits per heavy atom. The fraction of sp³-hybridized carbons (Fsp3) is 0.300. The molecule has 0 unspecified atom stereocenters. The van der Waals surface area contributed by atoms with Crippen LogP contribution in [0.5, 0.6) is 0 Å². The van der Waals surface area contributed by atoms with E-state index in [9.17, 15) is 0 Å². The zero-order valence-electron chi connectivity index (χ0n) is 9.01. The van der Waals surface area contributed by atoms with Crippen LogP contribution in [0.3, 0.4) is 0 Å². The van der Waals surface area contributed by atoms with Gasteiger partial charge in [-0.1, -0.05) is 5.16 Å². The summed E-state index contributed by atoms with van der Waals surface area (Å²) in [5.74, 6) is 1.25. The summed E-state index contributed by atoms with van der Waals surface area (Å²) in [7, 11) is 1.95. The van der Waals surface area contributed by atoms with E-state index in [2.05, 4.69) is 31.1 Å². The minimum atomic E-state index is 0.579. The summed E-state index contributed by atoms with van der Waals surface area (Å²) in [4.78, 5) is 10.2. The molecule has 0 aromatic carbocycles. The Morgan fingerprint density at radius 1 is 1.44 bits per heavy atom. The summed E-state index contributed by atoms with van der Waals surface area (Å²) in [5, 5.41) is 3.84. The van der Waals surface area contributed by atoms with Gasteiger partial charge in [-0.25, -0.2) is 0 Å². The van der Waals surface area contributed by atoms with Gasteiger partial charge in [0.15, 0.2) is 5.82 Å². The van der Waals surface area contributed by atoms with Crippen LogP contribution >= 0.6 is 15.9 Å². The lowest BCUT2D eigenvalue weighted by molar-refractivity contribution is 0.387. The Hall–Kier alpha value is -1.43. The lowest BCUT2D eigenvalue weighted by Crippen LogP contribution is -2.17. The van der Waals surface area contributed by atoms with Gasteiger partial charge in [0, 0.05) is 24.6 Å². The predicted octanol–water partition coefficient (Wildman–Crippen LogP) is 2.17. The van der Waals surface area contributed by atoms with Crippen LogP contribution in [0, 0.1) is 6.92 Å². The zero-order valence-corrected chi connectivity index (χ0v) is 10.6. The van der Waals surface area contributed by atoms with Crippen LogP contribution in [0.1, 0.15) is 11.7 Å². The summed E-state index contributed by atoms with van der Waals surface area (Å²) < 4.78 is 5.86. The highest BCUT2D eigenvalue weighted by Gasteiger charge is 2.07. The predicted molar refractivity (Wildman–Crippen MR) is 63.1 cm³/mol. The molecular weight excluding hydrogens is 272 g/mol. The van der Waals surface area contributed by atoms with Crippen molar-refractivity contribution in [1.82, 2.24) is 15.1 Å². The van der Waals surface area contributed by atoms with E-state index in [1.54, 1.807) is 19.3 Å². The summed E-state index contributed by atoms with van der Waals surface area (Å²) in [6.07, 6.45) is 3.54. The van der Waals surface area contributed by atoms with E-state index >= 15 is 0 Å². The molecule has 2 heterocycles. The molecular formula is C10H11BrN4O. The van der Waals surface area contributed by atoms with Crippen LogP contribution in [-0.4, -0.2) is 22.2 Å². The molecule has 5 nitrogen and oxygen atoms in total. The first kappa shape index (κ1) is 11.1. The average molecular weight is 283 g/mol. The molecule has 0 saturated carbocycles. The summed E-state index contributed by atoms with van der Waals surface area (Å²) in [6, 6.07) is 1.99. The Morgan fingerprint density at radius 2 is 2.25 bits per heavy atom. The SMILES string of the molecule is Cc1nc(CN(C)c2cncc(Br)c2)no1. The van der Waals surface area contributed by atoms with Crippen LogP contribution in [0.15, 0.2) is 27.5 Å². The smallest absolute Gasteiger partial charge is 0.223 e. The second-order valence-corrected chi connectivity index (χ2v) is 4.36. The number of anilines is 1. The maximum Gasteiger partial charge on any atom is 0.223 e. The first-order valence-electron chi connectivity index (χ1n) is 4.76. The van der Waals surface area contributed by atoms with Gasteiger partial charge in [0.1, 0.15) is 0 Å². The lowest BCUT2D eigenvalue weighted by Gasteiger charge is -2.16. The Bertz CT molecular complexity index is 485. The molecule has 0 aliphatic rings. The van der Waals surface area contributed by atoms with E-state index < -0.39 is 0 Å². The van der Waals surface area contributed by atoms with Crippen LogP contribution in [-0.2, 0) is 6.54 Å². The van der Waals surface area contributed by atoms with Crippen molar-refractivity contribution in [2.45, 2.75) is 13.5 Å². The topological polar surface area (TPSA) is 55.1 Å². The molecule has 0 bridgehead atoms. The number of rotatable bonds is 3. The van der Waals surface area contributed by atoms with Crippen LogP contribution in [0.25, 0.3) is 0 Å². The molecule has 0 radical (unpaired) electrons. The van der Waals surface area contributed by atoms with E-state index in [1.807, 2.05) is 18.0 Å². The first-order chi connectivity index (χ1) is 7.65. The van der Waals surface area contributed by atoms with E-state index in [0.29, 0.717) is 18.3 Å². The van der Waals surface area contributed by atoms with E-state index in [0.717, 1.165) is 10.2 Å². The maximum atomic E-state index is 4.91. The monoisotopic (exact) mass is 282 g/mol. The molecule has 0 aliphatic carbocycles. The molecule has 2 aromatic heterocycles. The van der Waals surface area contributed by atoms with Crippen molar-refractivity contribution >= 4 is 21.6 Å². The Labute approximate surface area is 102 Å². The molecule has 6 heteroatoms. The largest absolute Gasteiger partial charge is 0.366 e. The van der Waals surface area contributed by atoms with E-state index in [-0.39, 0.29) is 0 Å². The second-order valence-electron chi connectivity index (χ2n) is 3.45. The van der Waals surface area contributed by atoms with Crippen LogP contribution in [0.2, 0.25) is 0 Å². The summed E-state index contributed by atoms with van der Waals surface area (Å²) >= 11 is 3.38. The van der Waals surface area contributed by atoms with Crippen molar-refractivity contribution in [1.29, 1.82) is 0 Å². The van der Waals surface area contributed by atoms with E-state index in [1.165, 1.54) is 0 Å². The molecule has 0 N–H and O–H groups in total. The van der Waals surface area contributed by atoms with Gasteiger partial charge in [-0.05, 0) is 22.0 Å². The van der Waals surface area contributed by atoms with Gasteiger partial charge in [-0.3, -0.25) is 4.98 Å². The van der Waals surface area contributed by atoms with Crippen molar-refractivity contribution in [3.05, 3.63) is 34.6 Å². The lowest BCUT2D eigenvalue weighted by atomic mass is 10.4. The number of pyridine rings is 1. The van der Waals surface area contributed by atoms with E-state index in [4.69, 9.17) is 4.52 Å². The summed E-state index contributed by atoms with van der Waals surface area (Å²) in [5.41, 5.74) is 0.997. The van der Waals surface area contributed by atoms with Gasteiger partial charge < -0.3 is 9.42 Å². The number of aromatic nitrogens is 3. The fourth-order valence-electron chi connectivity index (χ4n) is 1.32. The molecule has 0 atom stereocenters. The number of halogens is 1. The van der Waals surface area contributed by atoms with Crippen molar-refractivity contribution in [2.75, 3.05) is 11.9 Å². The highest BCUT2D eigenvalue weighted by molar-refractivity contribution is 9.10. The van der Waals surface area contributed by atoms with Crippen LogP contribution in [0.4, 0.5) is 5.69 Å². The highest BCUT2D eigenvalue weighted by Crippen LogP contribution is 2.18.